The molecule has 0 aliphatic rings. The molecule has 0 unspecified atom stereocenters. The maximum absolute atomic E-state index is 2.75. The SMILES string of the molecule is CC.CC.CCC.CNC.[Ar].[Ar].[Ar]. The van der Waals surface area contributed by atoms with Gasteiger partial charge in [-0.15, -0.1) is 0 Å². The van der Waals surface area contributed by atoms with Crippen molar-refractivity contribution in [2.45, 2.75) is 48.0 Å². The zero-order chi connectivity index (χ0) is 9.41. The standard InChI is InChI=1S/C3H8.C2H7N.2C2H6.3Ar/c2*1-3-2;2*1-2;;;/h3H2,1-2H3;3H,1-2H3;2*1-2H3;;;. The molecule has 13 heavy (non-hydrogen) atoms. The molecule has 0 radical (unpaired) electrons. The molecule has 0 saturated carbocycles. The van der Waals surface area contributed by atoms with E-state index in [4.69, 9.17) is 0 Å². The van der Waals surface area contributed by atoms with Gasteiger partial charge in [-0.05, 0) is 14.1 Å². The molecule has 0 spiro atoms. The Bertz CT molecular complexity index is 16.8. The van der Waals surface area contributed by atoms with Gasteiger partial charge < -0.3 is 5.32 Å². The van der Waals surface area contributed by atoms with Crippen molar-refractivity contribution in [3.8, 4) is 0 Å². The summed E-state index contributed by atoms with van der Waals surface area (Å²) in [6.45, 7) is 12.2. The van der Waals surface area contributed by atoms with E-state index in [2.05, 4.69) is 19.2 Å². The summed E-state index contributed by atoms with van der Waals surface area (Å²) in [5, 5.41) is 2.75. The Morgan fingerprint density at radius 2 is 0.692 bits per heavy atom. The molecule has 1 nitrogen and oxygen atoms in total. The van der Waals surface area contributed by atoms with Crippen molar-refractivity contribution < 1.29 is 113 Å². The molecule has 0 aliphatic heterocycles. The van der Waals surface area contributed by atoms with Gasteiger partial charge in [-0.25, -0.2) is 0 Å². The van der Waals surface area contributed by atoms with E-state index < -0.39 is 0 Å². The van der Waals surface area contributed by atoms with Gasteiger partial charge in [0.2, 0.25) is 0 Å². The van der Waals surface area contributed by atoms with E-state index in [0.29, 0.717) is 0 Å². The second-order valence-corrected chi connectivity index (χ2v) is 1.21. The number of nitrogens with one attached hydrogen (secondary N) is 1. The number of hydrogen-bond acceptors (Lipinski definition) is 1. The van der Waals surface area contributed by atoms with Crippen molar-refractivity contribution >= 4 is 0 Å². The summed E-state index contributed by atoms with van der Waals surface area (Å²) in [4.78, 5) is 0. The predicted octanol–water partition coefficient (Wildman–Crippen LogP) is 3.30. The quantitative estimate of drug-likeness (QED) is 0.711. The van der Waals surface area contributed by atoms with Gasteiger partial charge in [0.15, 0.2) is 0 Å². The van der Waals surface area contributed by atoms with Gasteiger partial charge in [-0.1, -0.05) is 48.0 Å². The van der Waals surface area contributed by atoms with Crippen LogP contribution in [0.25, 0.3) is 0 Å². The van der Waals surface area contributed by atoms with E-state index >= 15 is 0 Å². The Kier molecular flexibility index (Phi) is 349. The Hall–Kier alpha value is 3.74. The third kappa shape index (κ3) is 212. The summed E-state index contributed by atoms with van der Waals surface area (Å²) in [5.41, 5.74) is 0. The fraction of sp³-hybridized carbons (Fsp3) is 1.00. The minimum absolute atomic E-state index is 0. The van der Waals surface area contributed by atoms with Crippen molar-refractivity contribution in [2.75, 3.05) is 14.1 Å². The topological polar surface area (TPSA) is 12.0 Å². The molecule has 0 bridgehead atoms. The molecule has 0 atom stereocenters. The zero-order valence-corrected chi connectivity index (χ0v) is 12.4. The molecule has 0 aromatic heterocycles. The molecular weight excluding hydrogens is 242 g/mol. The molecule has 1 N–H and O–H groups in total. The van der Waals surface area contributed by atoms with E-state index in [9.17, 15) is 0 Å². The minimum atomic E-state index is 0. The van der Waals surface area contributed by atoms with Gasteiger partial charge in [0, 0.05) is 113 Å². The Morgan fingerprint density at radius 3 is 0.692 bits per heavy atom. The van der Waals surface area contributed by atoms with E-state index in [1.54, 1.807) is 0 Å². The van der Waals surface area contributed by atoms with Crippen LogP contribution >= 0.6 is 0 Å². The zero-order valence-electron chi connectivity index (χ0n) is 10.3. The van der Waals surface area contributed by atoms with Crippen LogP contribution in [0.15, 0.2) is 0 Å². The van der Waals surface area contributed by atoms with Crippen LogP contribution in [-0.2, 0) is 0 Å². The average Bonchev–Trinajstić information content (AvgIpc) is 1.99. The molecule has 92 valence electrons. The molecule has 0 saturated heterocycles. The normalized spacial score (nSPS) is 3.69. The predicted molar refractivity (Wildman–Crippen MR) is 53.6 cm³/mol. The molecule has 0 aromatic carbocycles. The van der Waals surface area contributed by atoms with Gasteiger partial charge in [-0.2, -0.15) is 0 Å². The van der Waals surface area contributed by atoms with Crippen LogP contribution in [0.5, 0.6) is 0 Å². The van der Waals surface area contributed by atoms with Crippen molar-refractivity contribution in [1.29, 1.82) is 0 Å². The van der Waals surface area contributed by atoms with Gasteiger partial charge >= 0.3 is 0 Å². The van der Waals surface area contributed by atoms with Crippen LogP contribution in [0.4, 0.5) is 0 Å². The molecule has 4 heteroatoms. The Labute approximate surface area is 177 Å². The van der Waals surface area contributed by atoms with Crippen LogP contribution in [0.1, 0.15) is 48.0 Å². The molecule has 0 aliphatic carbocycles. The van der Waals surface area contributed by atoms with Crippen LogP contribution in [0.2, 0.25) is 0 Å². The summed E-state index contributed by atoms with van der Waals surface area (Å²) in [5.74, 6) is 0. The molecule has 0 aromatic rings. The van der Waals surface area contributed by atoms with Gasteiger partial charge in [0.1, 0.15) is 0 Å². The summed E-state index contributed by atoms with van der Waals surface area (Å²) < 4.78 is 0. The van der Waals surface area contributed by atoms with Crippen molar-refractivity contribution in [3.05, 3.63) is 0 Å². The molecule has 0 heterocycles. The first-order chi connectivity index (χ1) is 4.83. The Morgan fingerprint density at radius 1 is 0.692 bits per heavy atom. The van der Waals surface area contributed by atoms with Gasteiger partial charge in [0.05, 0.1) is 0 Å². The molecule has 0 fully saturated rings. The number of hydrogen-bond donors (Lipinski definition) is 1. The van der Waals surface area contributed by atoms with Crippen LogP contribution in [0.3, 0.4) is 0 Å². The monoisotopic (exact) mass is 269 g/mol. The van der Waals surface area contributed by atoms with Crippen LogP contribution < -0.4 is 5.32 Å². The third-order valence-corrected chi connectivity index (χ3v) is 0. The summed E-state index contributed by atoms with van der Waals surface area (Å²) >= 11 is 0. The second-order valence-electron chi connectivity index (χ2n) is 1.21. The van der Waals surface area contributed by atoms with Crippen LogP contribution in [0, 0.1) is 113 Å². The first kappa shape index (κ1) is 43.7. The second kappa shape index (κ2) is 104. The van der Waals surface area contributed by atoms with E-state index in [1.165, 1.54) is 6.42 Å². The first-order valence-corrected chi connectivity index (χ1v) is 4.41. The first-order valence-electron chi connectivity index (χ1n) is 4.41. The summed E-state index contributed by atoms with van der Waals surface area (Å²) in [6, 6.07) is 0. The maximum Gasteiger partial charge on any atom is 0 e. The average molecular weight is 269 g/mol. The smallest absolute Gasteiger partial charge is 0 e. The Balaban J connectivity index is -0.00000000698. The van der Waals surface area contributed by atoms with Gasteiger partial charge in [-0.3, -0.25) is 0 Å². The number of rotatable bonds is 0. The van der Waals surface area contributed by atoms with Crippen molar-refractivity contribution in [1.82, 2.24) is 5.32 Å². The van der Waals surface area contributed by atoms with E-state index in [0.717, 1.165) is 0 Å². The molecule has 0 rings (SSSR count). The van der Waals surface area contributed by atoms with E-state index in [1.807, 2.05) is 41.8 Å². The summed E-state index contributed by atoms with van der Waals surface area (Å²) in [6.07, 6.45) is 1.25. The van der Waals surface area contributed by atoms with E-state index in [-0.39, 0.29) is 113 Å². The minimum Gasteiger partial charge on any atom is -0.323 e. The van der Waals surface area contributed by atoms with Crippen LogP contribution in [-0.4, -0.2) is 14.1 Å². The fourth-order valence-electron chi connectivity index (χ4n) is 0. The van der Waals surface area contributed by atoms with Gasteiger partial charge in [0.25, 0.3) is 0 Å². The molecule has 0 amide bonds. The fourth-order valence-corrected chi connectivity index (χ4v) is 0. The van der Waals surface area contributed by atoms with Crippen molar-refractivity contribution in [3.63, 3.8) is 0 Å². The third-order valence-electron chi connectivity index (χ3n) is 0. The molecular formula is C9H27Ar3N. The van der Waals surface area contributed by atoms with Crippen molar-refractivity contribution in [2.24, 2.45) is 0 Å². The largest absolute Gasteiger partial charge is 0.323 e. The maximum atomic E-state index is 2.75. The summed E-state index contributed by atoms with van der Waals surface area (Å²) in [7, 11) is 3.75.